The Morgan fingerprint density at radius 3 is 2.56 bits per heavy atom. The molecular weight excluding hydrogens is 436 g/mol. The number of ether oxygens (including phenoxy) is 1. The van der Waals surface area contributed by atoms with Crippen molar-refractivity contribution in [2.24, 2.45) is 5.92 Å². The Morgan fingerprint density at radius 2 is 1.85 bits per heavy atom. The van der Waals surface area contributed by atoms with E-state index in [0.29, 0.717) is 38.1 Å². The van der Waals surface area contributed by atoms with Crippen LogP contribution in [0.25, 0.3) is 0 Å². The molecule has 0 bridgehead atoms. The predicted octanol–water partition coefficient (Wildman–Crippen LogP) is 5.15. The van der Waals surface area contributed by atoms with Crippen LogP contribution in [0.15, 0.2) is 48.5 Å². The first-order valence-electron chi connectivity index (χ1n) is 12.3. The van der Waals surface area contributed by atoms with Gasteiger partial charge in [-0.1, -0.05) is 38.1 Å². The second kappa shape index (κ2) is 11.2. The largest absolute Gasteiger partial charge is 0.493 e. The number of rotatable bonds is 8. The van der Waals surface area contributed by atoms with Gasteiger partial charge in [0.25, 0.3) is 0 Å². The van der Waals surface area contributed by atoms with Crippen molar-refractivity contribution in [2.75, 3.05) is 19.7 Å². The van der Waals surface area contributed by atoms with Gasteiger partial charge in [0.15, 0.2) is 0 Å². The van der Waals surface area contributed by atoms with Crippen LogP contribution >= 0.6 is 0 Å². The van der Waals surface area contributed by atoms with E-state index in [0.717, 1.165) is 36.3 Å². The SMILES string of the molecule is CC(C)COc1ccc(CN(C(=O)NCc2ccc(F)cc2)[C@@H]2C[C@@H]3CCCN3C[C@H]2F)cc1. The van der Waals surface area contributed by atoms with Crippen LogP contribution in [-0.2, 0) is 13.1 Å². The van der Waals surface area contributed by atoms with E-state index in [2.05, 4.69) is 24.1 Å². The summed E-state index contributed by atoms with van der Waals surface area (Å²) < 4.78 is 34.3. The molecule has 2 aromatic rings. The van der Waals surface area contributed by atoms with Crippen molar-refractivity contribution in [3.05, 3.63) is 65.5 Å². The summed E-state index contributed by atoms with van der Waals surface area (Å²) in [4.78, 5) is 17.2. The lowest BCUT2D eigenvalue weighted by Gasteiger charge is -2.42. The minimum atomic E-state index is -1.10. The van der Waals surface area contributed by atoms with Crippen LogP contribution < -0.4 is 10.1 Å². The van der Waals surface area contributed by atoms with Gasteiger partial charge in [0.05, 0.1) is 12.6 Å². The summed E-state index contributed by atoms with van der Waals surface area (Å²) in [5.41, 5.74) is 1.72. The van der Waals surface area contributed by atoms with Crippen molar-refractivity contribution in [3.8, 4) is 5.75 Å². The first-order valence-corrected chi connectivity index (χ1v) is 12.3. The molecule has 5 nitrogen and oxygen atoms in total. The van der Waals surface area contributed by atoms with Crippen molar-refractivity contribution in [1.82, 2.24) is 15.1 Å². The summed E-state index contributed by atoms with van der Waals surface area (Å²) in [7, 11) is 0. The fraction of sp³-hybridized carbons (Fsp3) is 0.519. The van der Waals surface area contributed by atoms with Crippen molar-refractivity contribution in [2.45, 2.75) is 64.5 Å². The van der Waals surface area contributed by atoms with Gasteiger partial charge in [0, 0.05) is 25.7 Å². The lowest BCUT2D eigenvalue weighted by atomic mass is 9.94. The number of carbonyl (C=O) groups excluding carboxylic acids is 1. The zero-order valence-electron chi connectivity index (χ0n) is 20.1. The number of piperidine rings is 1. The van der Waals surface area contributed by atoms with E-state index in [-0.39, 0.29) is 18.4 Å². The van der Waals surface area contributed by atoms with Crippen LogP contribution in [0.4, 0.5) is 13.6 Å². The Morgan fingerprint density at radius 1 is 1.15 bits per heavy atom. The van der Waals surface area contributed by atoms with E-state index in [1.165, 1.54) is 12.1 Å². The highest BCUT2D eigenvalue weighted by molar-refractivity contribution is 5.74. The standard InChI is InChI=1S/C27H35F2N3O2/c1-19(2)18-34-24-11-7-21(8-12-24)16-32(26-14-23-4-3-13-31(23)17-25(26)29)27(33)30-15-20-5-9-22(28)10-6-20/h5-12,19,23,25-26H,3-4,13-18H2,1-2H3,(H,30,33)/t23-,25+,26+/m0/s1. The summed E-state index contributed by atoms with van der Waals surface area (Å²) in [6, 6.07) is 13.3. The smallest absolute Gasteiger partial charge is 0.318 e. The third-order valence-corrected chi connectivity index (χ3v) is 6.72. The van der Waals surface area contributed by atoms with Gasteiger partial charge in [0.1, 0.15) is 17.7 Å². The lowest BCUT2D eigenvalue weighted by molar-refractivity contribution is 0.0311. The fourth-order valence-electron chi connectivity index (χ4n) is 4.87. The molecule has 184 valence electrons. The number of urea groups is 1. The number of nitrogens with zero attached hydrogens (tertiary/aromatic N) is 2. The van der Waals surface area contributed by atoms with Crippen molar-refractivity contribution >= 4 is 6.03 Å². The molecule has 2 aliphatic rings. The highest BCUT2D eigenvalue weighted by atomic mass is 19.1. The van der Waals surface area contributed by atoms with Gasteiger partial charge in [-0.15, -0.1) is 0 Å². The average molecular weight is 472 g/mol. The van der Waals surface area contributed by atoms with E-state index in [1.807, 2.05) is 24.3 Å². The van der Waals surface area contributed by atoms with E-state index in [4.69, 9.17) is 4.74 Å². The first-order chi connectivity index (χ1) is 16.4. The molecule has 4 rings (SSSR count). The molecule has 34 heavy (non-hydrogen) atoms. The highest BCUT2D eigenvalue weighted by Crippen LogP contribution is 2.32. The second-order valence-electron chi connectivity index (χ2n) is 9.87. The van der Waals surface area contributed by atoms with Gasteiger partial charge in [-0.05, 0) is 67.1 Å². The molecule has 7 heteroatoms. The van der Waals surface area contributed by atoms with Crippen LogP contribution in [0.2, 0.25) is 0 Å². The monoisotopic (exact) mass is 471 g/mol. The number of hydrogen-bond acceptors (Lipinski definition) is 3. The summed E-state index contributed by atoms with van der Waals surface area (Å²) in [5.74, 6) is 0.899. The average Bonchev–Trinajstić information content (AvgIpc) is 3.28. The molecule has 2 amide bonds. The van der Waals surface area contributed by atoms with Gasteiger partial charge in [-0.25, -0.2) is 13.6 Å². The Hall–Kier alpha value is -2.67. The number of benzene rings is 2. The summed E-state index contributed by atoms with van der Waals surface area (Å²) >= 11 is 0. The zero-order valence-corrected chi connectivity index (χ0v) is 20.1. The third-order valence-electron chi connectivity index (χ3n) is 6.72. The van der Waals surface area contributed by atoms with Crippen molar-refractivity contribution in [1.29, 1.82) is 0 Å². The van der Waals surface area contributed by atoms with Gasteiger partial charge >= 0.3 is 6.03 Å². The van der Waals surface area contributed by atoms with Crippen molar-refractivity contribution < 1.29 is 18.3 Å². The minimum Gasteiger partial charge on any atom is -0.493 e. The molecule has 0 unspecified atom stereocenters. The highest BCUT2D eigenvalue weighted by Gasteiger charge is 2.42. The molecule has 2 fully saturated rings. The number of fused-ring (bicyclic) bond motifs is 1. The fourth-order valence-corrected chi connectivity index (χ4v) is 4.87. The van der Waals surface area contributed by atoms with Crippen LogP contribution in [-0.4, -0.2) is 53.8 Å². The lowest BCUT2D eigenvalue weighted by Crippen LogP contribution is -2.57. The Bertz CT molecular complexity index is 936. The molecule has 0 radical (unpaired) electrons. The number of hydrogen-bond donors (Lipinski definition) is 1. The van der Waals surface area contributed by atoms with Crippen molar-refractivity contribution in [3.63, 3.8) is 0 Å². The van der Waals surface area contributed by atoms with E-state index < -0.39 is 12.2 Å². The Kier molecular flexibility index (Phi) is 8.03. The van der Waals surface area contributed by atoms with Crippen LogP contribution in [0.5, 0.6) is 5.75 Å². The van der Waals surface area contributed by atoms with Crippen LogP contribution in [0.1, 0.15) is 44.2 Å². The molecule has 2 heterocycles. The molecule has 1 N–H and O–H groups in total. The zero-order chi connectivity index (χ0) is 24.1. The molecule has 3 atom stereocenters. The maximum absolute atomic E-state index is 15.3. The van der Waals surface area contributed by atoms with Gasteiger partial charge < -0.3 is 15.0 Å². The summed E-state index contributed by atoms with van der Waals surface area (Å²) in [6.45, 7) is 6.72. The summed E-state index contributed by atoms with van der Waals surface area (Å²) in [5, 5.41) is 2.92. The van der Waals surface area contributed by atoms with Gasteiger partial charge in [-0.2, -0.15) is 0 Å². The minimum absolute atomic E-state index is 0.261. The van der Waals surface area contributed by atoms with E-state index in [1.54, 1.807) is 17.0 Å². The number of carbonyl (C=O) groups is 1. The van der Waals surface area contributed by atoms with Crippen LogP contribution in [0, 0.1) is 11.7 Å². The summed E-state index contributed by atoms with van der Waals surface area (Å²) in [6.07, 6.45) is 1.68. The Balaban J connectivity index is 1.47. The quantitative estimate of drug-likeness (QED) is 0.579. The van der Waals surface area contributed by atoms with E-state index >= 15 is 4.39 Å². The third kappa shape index (κ3) is 6.26. The molecule has 0 aliphatic carbocycles. The molecule has 0 spiro atoms. The first kappa shape index (κ1) is 24.5. The molecule has 0 aromatic heterocycles. The molecule has 2 aliphatic heterocycles. The second-order valence-corrected chi connectivity index (χ2v) is 9.87. The van der Waals surface area contributed by atoms with Gasteiger partial charge in [-0.3, -0.25) is 4.90 Å². The molecule has 2 aromatic carbocycles. The molecule has 2 saturated heterocycles. The Labute approximate surface area is 201 Å². The van der Waals surface area contributed by atoms with Gasteiger partial charge in [0.2, 0.25) is 0 Å². The number of alkyl halides is 1. The van der Waals surface area contributed by atoms with Crippen LogP contribution in [0.3, 0.4) is 0 Å². The maximum Gasteiger partial charge on any atom is 0.318 e. The number of nitrogens with one attached hydrogen (secondary N) is 1. The predicted molar refractivity (Wildman–Crippen MR) is 129 cm³/mol. The maximum atomic E-state index is 15.3. The topological polar surface area (TPSA) is 44.8 Å². The molecule has 0 saturated carbocycles. The van der Waals surface area contributed by atoms with E-state index in [9.17, 15) is 9.18 Å². The number of amides is 2. The normalized spacial score (nSPS) is 22.4. The molecular formula is C27H35F2N3O2. The number of halogens is 2.